The third-order valence-corrected chi connectivity index (χ3v) is 9.16. The van der Waals surface area contributed by atoms with Crippen molar-refractivity contribution in [1.29, 1.82) is 0 Å². The lowest BCUT2D eigenvalue weighted by Gasteiger charge is -2.18. The Morgan fingerprint density at radius 3 is 1.37 bits per heavy atom. The fraction of sp³-hybridized carbons (Fsp3) is 0.721. The quantitative estimate of drug-likeness (QED) is 0.0279. The van der Waals surface area contributed by atoms with Gasteiger partial charge in [-0.1, -0.05) is 203 Å². The summed E-state index contributed by atoms with van der Waals surface area (Å²) < 4.78 is 26.3. The highest BCUT2D eigenvalue weighted by molar-refractivity contribution is 7.46. The van der Waals surface area contributed by atoms with Crippen LogP contribution in [0.2, 0.25) is 0 Å². The van der Waals surface area contributed by atoms with Gasteiger partial charge >= 0.3 is 19.8 Å². The summed E-state index contributed by atoms with van der Waals surface area (Å²) in [5.41, 5.74) is 0. The molecule has 0 aliphatic carbocycles. The van der Waals surface area contributed by atoms with Crippen molar-refractivity contribution < 1.29 is 37.9 Å². The van der Waals surface area contributed by atoms with E-state index in [9.17, 15) is 14.2 Å². The molecule has 1 atom stereocenters. The van der Waals surface area contributed by atoms with Crippen molar-refractivity contribution >= 4 is 19.8 Å². The Kier molecular flexibility index (Phi) is 36.8. The number of allylic oxidation sites excluding steroid dienone is 10. The SMILES string of the molecule is CC/C=C/C=C/C=C/C=C/C=C/CCCC(=O)OC(COC(=O)CCCCCCCCCCCCCCCCCCCCCCC)COP(=O)(O)O. The van der Waals surface area contributed by atoms with Crippen molar-refractivity contribution in [1.82, 2.24) is 0 Å². The normalized spacial score (nSPS) is 13.1. The van der Waals surface area contributed by atoms with Crippen LogP contribution in [-0.4, -0.2) is 41.0 Å². The number of carbonyl (C=O) groups excluding carboxylic acids is 2. The molecule has 0 spiro atoms. The molecule has 0 amide bonds. The van der Waals surface area contributed by atoms with E-state index in [1.54, 1.807) is 0 Å². The highest BCUT2D eigenvalue weighted by Crippen LogP contribution is 2.36. The topological polar surface area (TPSA) is 119 Å². The average Bonchev–Trinajstić information content (AvgIpc) is 3.11. The predicted molar refractivity (Wildman–Crippen MR) is 216 cm³/mol. The number of phosphoric ester groups is 1. The van der Waals surface area contributed by atoms with Crippen LogP contribution in [0.25, 0.3) is 0 Å². The van der Waals surface area contributed by atoms with E-state index in [2.05, 4.69) is 24.4 Å². The molecule has 0 saturated heterocycles. The van der Waals surface area contributed by atoms with E-state index in [0.717, 1.165) is 19.3 Å². The molecule has 0 aromatic carbocycles. The smallest absolute Gasteiger partial charge is 0.462 e. The summed E-state index contributed by atoms with van der Waals surface area (Å²) in [6.07, 6.45) is 48.2. The minimum Gasteiger partial charge on any atom is -0.462 e. The molecule has 1 unspecified atom stereocenters. The molecule has 0 aromatic heterocycles. The minimum absolute atomic E-state index is 0.115. The van der Waals surface area contributed by atoms with Gasteiger partial charge in [0.05, 0.1) is 6.61 Å². The minimum atomic E-state index is -4.77. The zero-order chi connectivity index (χ0) is 38.2. The fourth-order valence-electron chi connectivity index (χ4n) is 5.64. The number of hydrogen-bond acceptors (Lipinski definition) is 6. The van der Waals surface area contributed by atoms with Crippen LogP contribution in [0.4, 0.5) is 0 Å². The van der Waals surface area contributed by atoms with E-state index in [1.807, 2.05) is 54.7 Å². The summed E-state index contributed by atoms with van der Waals surface area (Å²) in [6.45, 7) is 3.48. The van der Waals surface area contributed by atoms with E-state index >= 15 is 0 Å². The van der Waals surface area contributed by atoms with Crippen LogP contribution in [0.15, 0.2) is 60.8 Å². The van der Waals surface area contributed by atoms with E-state index < -0.39 is 32.5 Å². The van der Waals surface area contributed by atoms with E-state index in [0.29, 0.717) is 19.3 Å². The Hall–Kier alpha value is -2.25. The van der Waals surface area contributed by atoms with Gasteiger partial charge in [-0.25, -0.2) is 4.57 Å². The van der Waals surface area contributed by atoms with Gasteiger partial charge in [0, 0.05) is 12.8 Å². The number of esters is 2. The first kappa shape index (κ1) is 49.8. The van der Waals surface area contributed by atoms with Crippen LogP contribution in [0.3, 0.4) is 0 Å². The molecule has 300 valence electrons. The lowest BCUT2D eigenvalue weighted by atomic mass is 10.0. The average molecular weight is 751 g/mol. The monoisotopic (exact) mass is 751 g/mol. The van der Waals surface area contributed by atoms with Gasteiger partial charge in [-0.3, -0.25) is 14.1 Å². The van der Waals surface area contributed by atoms with Gasteiger partial charge < -0.3 is 19.3 Å². The Balaban J connectivity index is 3.93. The number of unbranched alkanes of at least 4 members (excludes halogenated alkanes) is 21. The highest BCUT2D eigenvalue weighted by atomic mass is 31.2. The van der Waals surface area contributed by atoms with Crippen LogP contribution in [-0.2, 0) is 28.2 Å². The first-order valence-corrected chi connectivity index (χ1v) is 22.2. The molecule has 0 bridgehead atoms. The first-order valence-electron chi connectivity index (χ1n) is 20.6. The van der Waals surface area contributed by atoms with Crippen molar-refractivity contribution in [2.45, 2.75) is 187 Å². The molecular weight excluding hydrogens is 675 g/mol. The first-order chi connectivity index (χ1) is 25.3. The van der Waals surface area contributed by atoms with E-state index in [-0.39, 0.29) is 19.4 Å². The van der Waals surface area contributed by atoms with Crippen LogP contribution >= 0.6 is 7.82 Å². The van der Waals surface area contributed by atoms with Crippen molar-refractivity contribution in [3.63, 3.8) is 0 Å². The van der Waals surface area contributed by atoms with Gasteiger partial charge in [0.2, 0.25) is 0 Å². The summed E-state index contributed by atoms with van der Waals surface area (Å²) >= 11 is 0. The summed E-state index contributed by atoms with van der Waals surface area (Å²) in [5, 5.41) is 0. The molecule has 0 aromatic rings. The van der Waals surface area contributed by atoms with Crippen molar-refractivity contribution in [3.05, 3.63) is 60.8 Å². The molecule has 52 heavy (non-hydrogen) atoms. The molecule has 9 heteroatoms. The van der Waals surface area contributed by atoms with Crippen molar-refractivity contribution in [3.8, 4) is 0 Å². The maximum atomic E-state index is 12.3. The number of ether oxygens (including phenoxy) is 2. The van der Waals surface area contributed by atoms with Crippen LogP contribution in [0, 0.1) is 0 Å². The molecule has 0 rings (SSSR count). The molecule has 0 radical (unpaired) electrons. The second-order valence-corrected chi connectivity index (χ2v) is 15.0. The van der Waals surface area contributed by atoms with Crippen LogP contribution in [0.1, 0.15) is 181 Å². The highest BCUT2D eigenvalue weighted by Gasteiger charge is 2.22. The largest absolute Gasteiger partial charge is 0.469 e. The van der Waals surface area contributed by atoms with Crippen LogP contribution < -0.4 is 0 Å². The maximum Gasteiger partial charge on any atom is 0.469 e. The third kappa shape index (κ3) is 40.5. The molecule has 0 fully saturated rings. The fourth-order valence-corrected chi connectivity index (χ4v) is 6.00. The molecule has 2 N–H and O–H groups in total. The molecule has 0 saturated carbocycles. The Morgan fingerprint density at radius 2 is 0.923 bits per heavy atom. The number of hydrogen-bond donors (Lipinski definition) is 2. The second kappa shape index (κ2) is 38.5. The summed E-state index contributed by atoms with van der Waals surface area (Å²) in [4.78, 5) is 42.7. The summed E-state index contributed by atoms with van der Waals surface area (Å²) in [7, 11) is -4.77. The summed E-state index contributed by atoms with van der Waals surface area (Å²) in [5.74, 6) is -0.970. The molecule has 8 nitrogen and oxygen atoms in total. The Labute approximate surface area is 317 Å². The molecule has 0 aliphatic heterocycles. The lowest BCUT2D eigenvalue weighted by Crippen LogP contribution is -2.29. The Bertz CT molecular complexity index is 1030. The van der Waals surface area contributed by atoms with E-state index in [4.69, 9.17) is 19.3 Å². The van der Waals surface area contributed by atoms with Gasteiger partial charge in [0.1, 0.15) is 6.61 Å². The zero-order valence-electron chi connectivity index (χ0n) is 32.9. The van der Waals surface area contributed by atoms with Gasteiger partial charge in [0.15, 0.2) is 6.10 Å². The lowest BCUT2D eigenvalue weighted by molar-refractivity contribution is -0.161. The number of phosphoric acid groups is 1. The van der Waals surface area contributed by atoms with Crippen LogP contribution in [0.5, 0.6) is 0 Å². The number of carbonyl (C=O) groups is 2. The summed E-state index contributed by atoms with van der Waals surface area (Å²) in [6, 6.07) is 0. The van der Waals surface area contributed by atoms with Gasteiger partial charge in [-0.2, -0.15) is 0 Å². The zero-order valence-corrected chi connectivity index (χ0v) is 33.8. The molecule has 0 aliphatic rings. The second-order valence-electron chi connectivity index (χ2n) is 13.7. The van der Waals surface area contributed by atoms with Gasteiger partial charge in [-0.15, -0.1) is 0 Å². The molecule has 0 heterocycles. The van der Waals surface area contributed by atoms with Crippen molar-refractivity contribution in [2.24, 2.45) is 0 Å². The predicted octanol–water partition coefficient (Wildman–Crippen LogP) is 12.5. The third-order valence-electron chi connectivity index (χ3n) is 8.68. The van der Waals surface area contributed by atoms with Gasteiger partial charge in [0.25, 0.3) is 0 Å². The van der Waals surface area contributed by atoms with Crippen molar-refractivity contribution in [2.75, 3.05) is 13.2 Å². The van der Waals surface area contributed by atoms with Gasteiger partial charge in [-0.05, 0) is 25.7 Å². The Morgan fingerprint density at radius 1 is 0.519 bits per heavy atom. The maximum absolute atomic E-state index is 12.3. The number of rotatable bonds is 37. The molecular formula is C43H75O8P. The van der Waals surface area contributed by atoms with E-state index in [1.165, 1.54) is 116 Å². The standard InChI is InChI=1S/C43H75O8P/c1-3-5-7-9-11-13-15-17-18-19-20-21-22-23-24-26-27-29-31-33-35-37-42(44)49-39-41(40-50-52(46,47)48)51-43(45)38-36-34-32-30-28-25-16-14-12-10-8-6-4-2/h6,8,10,12,14,16,25,28,30,32,41H,3-5,7,9,11,13,15,17-24,26-27,29,31,33-40H2,1-2H3,(H2,46,47,48)/b8-6+,12-10+,16-14+,28-25+,32-30+.